The summed E-state index contributed by atoms with van der Waals surface area (Å²) in [6.07, 6.45) is 13.9. The predicted molar refractivity (Wildman–Crippen MR) is 74.3 cm³/mol. The van der Waals surface area contributed by atoms with Crippen LogP contribution in [-0.4, -0.2) is 22.4 Å². The molecule has 2 nitrogen and oxygen atoms in total. The minimum absolute atomic E-state index is 0.114. The van der Waals surface area contributed by atoms with Gasteiger partial charge in [0.1, 0.15) is 0 Å². The molecule has 2 saturated carbocycles. The van der Waals surface area contributed by atoms with Crippen molar-refractivity contribution in [2.45, 2.75) is 76.9 Å². The fourth-order valence-corrected chi connectivity index (χ4v) is 3.93. The van der Waals surface area contributed by atoms with E-state index in [0.29, 0.717) is 5.92 Å². The zero-order valence-corrected chi connectivity index (χ0v) is 11.6. The molecule has 2 aliphatic carbocycles. The van der Waals surface area contributed by atoms with Crippen molar-refractivity contribution in [2.24, 2.45) is 11.3 Å². The fraction of sp³-hybridized carbons (Fsp3) is 0.875. The first kappa shape index (κ1) is 14.1. The van der Waals surface area contributed by atoms with Crippen molar-refractivity contribution >= 4 is 0 Å². The van der Waals surface area contributed by atoms with Gasteiger partial charge in [-0.3, -0.25) is 0 Å². The van der Waals surface area contributed by atoms with E-state index in [4.69, 9.17) is 0 Å². The second kappa shape index (κ2) is 6.21. The van der Waals surface area contributed by atoms with E-state index in [9.17, 15) is 10.2 Å². The Balaban J connectivity index is 1.87. The second-order valence-electron chi connectivity index (χ2n) is 6.34. The number of allylic oxidation sites excluding steroid dienone is 1. The van der Waals surface area contributed by atoms with Crippen LogP contribution in [0.15, 0.2) is 12.2 Å². The molecule has 0 saturated heterocycles. The third-order valence-corrected chi connectivity index (χ3v) is 4.93. The van der Waals surface area contributed by atoms with Gasteiger partial charge in [-0.25, -0.2) is 0 Å². The number of hydrogen-bond donors (Lipinski definition) is 2. The summed E-state index contributed by atoms with van der Waals surface area (Å²) in [6.45, 7) is 2.18. The Bertz CT molecular complexity index is 287. The summed E-state index contributed by atoms with van der Waals surface area (Å²) >= 11 is 0. The molecule has 0 aromatic heterocycles. The molecule has 18 heavy (non-hydrogen) atoms. The van der Waals surface area contributed by atoms with Gasteiger partial charge >= 0.3 is 0 Å². The highest BCUT2D eigenvalue weighted by Gasteiger charge is 2.47. The van der Waals surface area contributed by atoms with E-state index in [0.717, 1.165) is 25.7 Å². The van der Waals surface area contributed by atoms with E-state index < -0.39 is 0 Å². The molecule has 0 aromatic rings. The van der Waals surface area contributed by atoms with Gasteiger partial charge in [-0.2, -0.15) is 0 Å². The van der Waals surface area contributed by atoms with E-state index in [1.165, 1.54) is 32.1 Å². The normalized spacial score (nSPS) is 37.3. The summed E-state index contributed by atoms with van der Waals surface area (Å²) in [4.78, 5) is 0. The van der Waals surface area contributed by atoms with Gasteiger partial charge in [0.15, 0.2) is 0 Å². The van der Waals surface area contributed by atoms with Crippen LogP contribution in [0.1, 0.15) is 64.7 Å². The van der Waals surface area contributed by atoms with E-state index in [1.807, 2.05) is 6.08 Å². The summed E-state index contributed by atoms with van der Waals surface area (Å²) in [5.74, 6) is 0.659. The van der Waals surface area contributed by atoms with Gasteiger partial charge in [0.05, 0.1) is 12.2 Å². The number of fused-ring (bicyclic) bond motifs is 1. The summed E-state index contributed by atoms with van der Waals surface area (Å²) in [5, 5.41) is 19.8. The monoisotopic (exact) mass is 252 g/mol. The Hall–Kier alpha value is -0.340. The summed E-state index contributed by atoms with van der Waals surface area (Å²) in [5.41, 5.74) is 0.213. The highest BCUT2D eigenvalue weighted by molar-refractivity contribution is 5.12. The van der Waals surface area contributed by atoms with Gasteiger partial charge in [0.2, 0.25) is 0 Å². The minimum atomic E-state index is -0.287. The van der Waals surface area contributed by atoms with Crippen molar-refractivity contribution in [3.8, 4) is 0 Å². The van der Waals surface area contributed by atoms with Gasteiger partial charge in [-0.15, -0.1) is 0 Å². The molecule has 104 valence electrons. The average Bonchev–Trinajstić information content (AvgIpc) is 2.83. The molecule has 2 N–H and O–H groups in total. The Morgan fingerprint density at radius 3 is 3.00 bits per heavy atom. The zero-order chi connectivity index (χ0) is 13.0. The third-order valence-electron chi connectivity index (χ3n) is 4.93. The highest BCUT2D eigenvalue weighted by Crippen LogP contribution is 2.55. The van der Waals surface area contributed by atoms with Crippen molar-refractivity contribution < 1.29 is 10.2 Å². The Kier molecular flexibility index (Phi) is 4.85. The van der Waals surface area contributed by atoms with E-state index in [1.54, 1.807) is 0 Å². The van der Waals surface area contributed by atoms with Gasteiger partial charge in [0.25, 0.3) is 0 Å². The molecule has 0 bridgehead atoms. The maximum Gasteiger partial charge on any atom is 0.0721 e. The first-order valence-corrected chi connectivity index (χ1v) is 7.72. The first-order valence-electron chi connectivity index (χ1n) is 7.72. The van der Waals surface area contributed by atoms with Crippen molar-refractivity contribution in [1.82, 2.24) is 0 Å². The topological polar surface area (TPSA) is 40.5 Å². The predicted octanol–water partition coefficient (Wildman–Crippen LogP) is 3.43. The SMILES string of the molecule is CCCCC[C@H](O)/C=C/C12CCCC1CC(O)C2. The lowest BCUT2D eigenvalue weighted by Gasteiger charge is -2.25. The van der Waals surface area contributed by atoms with Crippen molar-refractivity contribution in [1.29, 1.82) is 0 Å². The van der Waals surface area contributed by atoms with Gasteiger partial charge < -0.3 is 10.2 Å². The molecule has 0 aliphatic heterocycles. The van der Waals surface area contributed by atoms with E-state index >= 15 is 0 Å². The van der Waals surface area contributed by atoms with Crippen LogP contribution in [0.3, 0.4) is 0 Å². The molecule has 2 aliphatic rings. The molecule has 2 heteroatoms. The lowest BCUT2D eigenvalue weighted by molar-refractivity contribution is 0.165. The standard InChI is InChI=1S/C16H28O2/c1-2-3-4-7-14(17)8-10-16-9-5-6-13(16)11-15(18)12-16/h8,10,13-15,17-18H,2-7,9,11-12H2,1H3/b10-8+/t13?,14-,15?,16?/m0/s1. The average molecular weight is 252 g/mol. The Morgan fingerprint density at radius 2 is 2.22 bits per heavy atom. The summed E-state index contributed by atoms with van der Waals surface area (Å²) in [7, 11) is 0. The lowest BCUT2D eigenvalue weighted by Crippen LogP contribution is -2.18. The molecule has 3 unspecified atom stereocenters. The quantitative estimate of drug-likeness (QED) is 0.561. The number of aliphatic hydroxyl groups excluding tert-OH is 2. The fourth-order valence-electron chi connectivity index (χ4n) is 3.93. The van der Waals surface area contributed by atoms with Crippen LogP contribution in [0.2, 0.25) is 0 Å². The van der Waals surface area contributed by atoms with Crippen LogP contribution in [0.25, 0.3) is 0 Å². The van der Waals surface area contributed by atoms with Gasteiger partial charge in [-0.1, -0.05) is 44.8 Å². The number of rotatable bonds is 6. The molecule has 2 rings (SSSR count). The van der Waals surface area contributed by atoms with Crippen LogP contribution >= 0.6 is 0 Å². The van der Waals surface area contributed by atoms with Crippen LogP contribution < -0.4 is 0 Å². The van der Waals surface area contributed by atoms with Crippen molar-refractivity contribution in [3.63, 3.8) is 0 Å². The largest absolute Gasteiger partial charge is 0.393 e. The van der Waals surface area contributed by atoms with Crippen molar-refractivity contribution in [3.05, 3.63) is 12.2 Å². The van der Waals surface area contributed by atoms with Crippen LogP contribution in [0.5, 0.6) is 0 Å². The third kappa shape index (κ3) is 3.16. The van der Waals surface area contributed by atoms with E-state index in [-0.39, 0.29) is 17.6 Å². The second-order valence-corrected chi connectivity index (χ2v) is 6.34. The van der Waals surface area contributed by atoms with Crippen LogP contribution in [0.4, 0.5) is 0 Å². The number of aliphatic hydroxyl groups is 2. The molecule has 0 heterocycles. The molecule has 0 amide bonds. The van der Waals surface area contributed by atoms with Crippen LogP contribution in [-0.2, 0) is 0 Å². The molecule has 2 fully saturated rings. The summed E-state index contributed by atoms with van der Waals surface area (Å²) < 4.78 is 0. The zero-order valence-electron chi connectivity index (χ0n) is 11.6. The van der Waals surface area contributed by atoms with Crippen LogP contribution in [0, 0.1) is 11.3 Å². The maximum absolute atomic E-state index is 9.97. The Morgan fingerprint density at radius 1 is 1.39 bits per heavy atom. The first-order chi connectivity index (χ1) is 8.66. The van der Waals surface area contributed by atoms with E-state index in [2.05, 4.69) is 13.0 Å². The minimum Gasteiger partial charge on any atom is -0.393 e. The molecule has 0 spiro atoms. The lowest BCUT2D eigenvalue weighted by atomic mass is 9.79. The van der Waals surface area contributed by atoms with Crippen molar-refractivity contribution in [2.75, 3.05) is 0 Å². The molecule has 4 atom stereocenters. The number of unbranched alkanes of at least 4 members (excludes halogenated alkanes) is 2. The smallest absolute Gasteiger partial charge is 0.0721 e. The molecular formula is C16H28O2. The summed E-state index contributed by atoms with van der Waals surface area (Å²) in [6, 6.07) is 0. The Labute approximate surface area is 111 Å². The molecule has 0 aromatic carbocycles. The van der Waals surface area contributed by atoms with Gasteiger partial charge in [-0.05, 0) is 43.4 Å². The molecule has 0 radical (unpaired) electrons. The van der Waals surface area contributed by atoms with Gasteiger partial charge in [0, 0.05) is 0 Å². The highest BCUT2D eigenvalue weighted by atomic mass is 16.3. The molecular weight excluding hydrogens is 224 g/mol. The number of hydrogen-bond acceptors (Lipinski definition) is 2. The maximum atomic E-state index is 9.97.